The number of hydrogen-bond acceptors (Lipinski definition) is 4. The van der Waals surface area contributed by atoms with Gasteiger partial charge >= 0.3 is 6.09 Å². The molecule has 0 rings (SSSR count). The number of sulfonamides is 1. The summed E-state index contributed by atoms with van der Waals surface area (Å²) in [5, 5.41) is 7.21. The number of carbonyl (C=O) groups is 1. The Bertz CT molecular complexity index is 287. The third-order valence-corrected chi connectivity index (χ3v) is 2.28. The molecular weight excluding hydrogens is 220 g/mol. The second-order valence-electron chi connectivity index (χ2n) is 3.64. The fraction of sp³-hybridized carbons (Fsp3) is 0.875. The first-order valence-corrected chi connectivity index (χ1v) is 6.44. The predicted molar refractivity (Wildman–Crippen MR) is 56.8 cm³/mol. The van der Waals surface area contributed by atoms with Gasteiger partial charge in [0.15, 0.2) is 0 Å². The molecule has 3 N–H and O–H groups in total. The summed E-state index contributed by atoms with van der Waals surface area (Å²) in [5.41, 5.74) is 0. The van der Waals surface area contributed by atoms with Crippen LogP contribution in [0.25, 0.3) is 0 Å². The van der Waals surface area contributed by atoms with Crippen molar-refractivity contribution in [3.8, 4) is 0 Å². The van der Waals surface area contributed by atoms with Gasteiger partial charge < -0.3 is 10.1 Å². The van der Waals surface area contributed by atoms with Gasteiger partial charge in [-0.2, -0.15) is 0 Å². The highest BCUT2D eigenvalue weighted by atomic mass is 32.2. The molecule has 0 heterocycles. The van der Waals surface area contributed by atoms with Crippen LogP contribution >= 0.6 is 0 Å². The Balaban J connectivity index is 3.48. The van der Waals surface area contributed by atoms with Crippen LogP contribution in [0.1, 0.15) is 20.3 Å². The van der Waals surface area contributed by atoms with Gasteiger partial charge in [-0.05, 0) is 12.3 Å². The van der Waals surface area contributed by atoms with E-state index in [1.165, 1.54) is 0 Å². The van der Waals surface area contributed by atoms with E-state index in [2.05, 4.69) is 5.32 Å². The molecule has 0 saturated carbocycles. The highest BCUT2D eigenvalue weighted by molar-refractivity contribution is 7.89. The fourth-order valence-corrected chi connectivity index (χ4v) is 1.30. The van der Waals surface area contributed by atoms with Crippen LogP contribution < -0.4 is 10.5 Å². The van der Waals surface area contributed by atoms with Gasteiger partial charge in [-0.25, -0.2) is 18.4 Å². The smallest absolute Gasteiger partial charge is 0.407 e. The van der Waals surface area contributed by atoms with E-state index in [1.807, 2.05) is 13.8 Å². The number of alkyl carbamates (subject to hydrolysis) is 1. The van der Waals surface area contributed by atoms with Crippen LogP contribution in [-0.4, -0.2) is 33.4 Å². The van der Waals surface area contributed by atoms with E-state index in [0.717, 1.165) is 0 Å². The van der Waals surface area contributed by atoms with E-state index in [-0.39, 0.29) is 24.6 Å². The van der Waals surface area contributed by atoms with Crippen LogP contribution in [0.15, 0.2) is 0 Å². The van der Waals surface area contributed by atoms with Gasteiger partial charge in [-0.15, -0.1) is 0 Å². The van der Waals surface area contributed by atoms with Crippen molar-refractivity contribution in [2.45, 2.75) is 20.3 Å². The number of amides is 1. The Kier molecular flexibility index (Phi) is 6.26. The van der Waals surface area contributed by atoms with Crippen molar-refractivity contribution in [2.24, 2.45) is 11.1 Å². The van der Waals surface area contributed by atoms with Gasteiger partial charge in [0.2, 0.25) is 10.0 Å². The number of primary sulfonamides is 1. The zero-order chi connectivity index (χ0) is 11.9. The minimum atomic E-state index is -3.44. The van der Waals surface area contributed by atoms with E-state index < -0.39 is 16.1 Å². The summed E-state index contributed by atoms with van der Waals surface area (Å²) < 4.78 is 25.9. The van der Waals surface area contributed by atoms with Crippen LogP contribution in [0.5, 0.6) is 0 Å². The van der Waals surface area contributed by atoms with Gasteiger partial charge in [-0.3, -0.25) is 0 Å². The lowest BCUT2D eigenvalue weighted by Crippen LogP contribution is -2.28. The fourth-order valence-electron chi connectivity index (χ4n) is 0.757. The van der Waals surface area contributed by atoms with Gasteiger partial charge in [-0.1, -0.05) is 13.8 Å². The van der Waals surface area contributed by atoms with Crippen LogP contribution in [0.4, 0.5) is 4.79 Å². The first-order chi connectivity index (χ1) is 6.81. The van der Waals surface area contributed by atoms with E-state index in [4.69, 9.17) is 9.88 Å². The van der Waals surface area contributed by atoms with E-state index in [9.17, 15) is 13.2 Å². The van der Waals surface area contributed by atoms with E-state index in [0.29, 0.717) is 6.61 Å². The summed E-state index contributed by atoms with van der Waals surface area (Å²) in [6, 6.07) is 0. The molecule has 0 saturated heterocycles. The molecule has 0 aromatic carbocycles. The maximum absolute atomic E-state index is 11.0. The molecule has 1 amide bonds. The molecule has 0 fully saturated rings. The van der Waals surface area contributed by atoms with Crippen LogP contribution in [0.2, 0.25) is 0 Å². The number of nitrogens with one attached hydrogen (secondary N) is 1. The second kappa shape index (κ2) is 6.62. The number of hydrogen-bond donors (Lipinski definition) is 2. The maximum Gasteiger partial charge on any atom is 0.407 e. The first kappa shape index (κ1) is 14.2. The molecule has 0 aromatic rings. The molecule has 6 nitrogen and oxygen atoms in total. The van der Waals surface area contributed by atoms with Crippen molar-refractivity contribution in [1.29, 1.82) is 0 Å². The Morgan fingerprint density at radius 3 is 2.53 bits per heavy atom. The minimum Gasteiger partial charge on any atom is -0.449 e. The summed E-state index contributed by atoms with van der Waals surface area (Å²) in [7, 11) is -3.44. The molecule has 0 aliphatic rings. The molecule has 0 spiro atoms. The number of nitrogens with two attached hydrogens (primary N) is 1. The molecule has 0 radical (unpaired) electrons. The van der Waals surface area contributed by atoms with Crippen molar-refractivity contribution in [3.63, 3.8) is 0 Å². The highest BCUT2D eigenvalue weighted by Crippen LogP contribution is 1.92. The van der Waals surface area contributed by atoms with Gasteiger partial charge in [0.25, 0.3) is 0 Å². The summed E-state index contributed by atoms with van der Waals surface area (Å²) in [6.45, 7) is 4.44. The Hall–Kier alpha value is -0.820. The minimum absolute atomic E-state index is 0.141. The second-order valence-corrected chi connectivity index (χ2v) is 5.37. The Morgan fingerprint density at radius 2 is 2.07 bits per heavy atom. The monoisotopic (exact) mass is 238 g/mol. The topological polar surface area (TPSA) is 98.5 Å². The molecule has 15 heavy (non-hydrogen) atoms. The third-order valence-electron chi connectivity index (χ3n) is 1.42. The summed E-state index contributed by atoms with van der Waals surface area (Å²) in [4.78, 5) is 11.0. The lowest BCUT2D eigenvalue weighted by molar-refractivity contribution is 0.133. The van der Waals surface area contributed by atoms with Crippen molar-refractivity contribution < 1.29 is 17.9 Å². The zero-order valence-electron chi connectivity index (χ0n) is 9.02. The highest BCUT2D eigenvalue weighted by Gasteiger charge is 2.05. The largest absolute Gasteiger partial charge is 0.449 e. The lowest BCUT2D eigenvalue weighted by Gasteiger charge is -2.08. The molecule has 0 aliphatic carbocycles. The molecular formula is C8H18N2O4S. The van der Waals surface area contributed by atoms with E-state index >= 15 is 0 Å². The zero-order valence-corrected chi connectivity index (χ0v) is 9.84. The molecule has 0 unspecified atom stereocenters. The third kappa shape index (κ3) is 11.1. The van der Waals surface area contributed by atoms with E-state index in [1.54, 1.807) is 0 Å². The Labute approximate surface area is 90.2 Å². The van der Waals surface area contributed by atoms with Gasteiger partial charge in [0, 0.05) is 6.54 Å². The van der Waals surface area contributed by atoms with Crippen molar-refractivity contribution in [3.05, 3.63) is 0 Å². The Morgan fingerprint density at radius 1 is 1.47 bits per heavy atom. The summed E-state index contributed by atoms with van der Waals surface area (Å²) >= 11 is 0. The number of carbonyl (C=O) groups excluding carboxylic acids is 1. The molecule has 90 valence electrons. The van der Waals surface area contributed by atoms with Crippen LogP contribution in [0.3, 0.4) is 0 Å². The average Bonchev–Trinajstić information content (AvgIpc) is 2.07. The summed E-state index contributed by atoms with van der Waals surface area (Å²) in [6.07, 6.45) is -0.242. The maximum atomic E-state index is 11.0. The van der Waals surface area contributed by atoms with Crippen molar-refractivity contribution in [2.75, 3.05) is 18.9 Å². The normalized spacial score (nSPS) is 11.5. The molecule has 0 atom stereocenters. The van der Waals surface area contributed by atoms with Crippen LogP contribution in [-0.2, 0) is 14.8 Å². The van der Waals surface area contributed by atoms with Crippen molar-refractivity contribution in [1.82, 2.24) is 5.32 Å². The number of ether oxygens (including phenoxy) is 1. The quantitative estimate of drug-likeness (QED) is 0.638. The SMILES string of the molecule is CC(C)COC(=O)NCCCS(N)(=O)=O. The molecule has 0 bridgehead atoms. The lowest BCUT2D eigenvalue weighted by atomic mass is 10.2. The number of rotatable bonds is 6. The summed E-state index contributed by atoms with van der Waals surface area (Å²) in [5.74, 6) is 0.137. The molecule has 0 aromatic heterocycles. The van der Waals surface area contributed by atoms with Crippen molar-refractivity contribution >= 4 is 16.1 Å². The van der Waals surface area contributed by atoms with Gasteiger partial charge in [0.1, 0.15) is 0 Å². The first-order valence-electron chi connectivity index (χ1n) is 4.72. The molecule has 0 aliphatic heterocycles. The van der Waals surface area contributed by atoms with Gasteiger partial charge in [0.05, 0.1) is 12.4 Å². The predicted octanol–water partition coefficient (Wildman–Crippen LogP) is 0.0472. The standard InChI is InChI=1S/C8H18N2O4S/c1-7(2)6-14-8(11)10-4-3-5-15(9,12)13/h7H,3-6H2,1-2H3,(H,10,11)(H2,9,12,13). The average molecular weight is 238 g/mol. The van der Waals surface area contributed by atoms with Crippen LogP contribution in [0, 0.1) is 5.92 Å². The molecule has 7 heteroatoms.